The zero-order chi connectivity index (χ0) is 12.3. The minimum Gasteiger partial charge on any atom is -0.353 e. The number of aromatic nitrogens is 1. The molecule has 0 bridgehead atoms. The van der Waals surface area contributed by atoms with Crippen LogP contribution in [0.4, 0.5) is 0 Å². The monoisotopic (exact) mass is 228 g/mol. The fourth-order valence-electron chi connectivity index (χ4n) is 1.91. The number of benzene rings is 1. The van der Waals surface area contributed by atoms with Crippen LogP contribution in [0.25, 0.3) is 0 Å². The molecule has 2 rings (SSSR count). The van der Waals surface area contributed by atoms with Crippen LogP contribution in [0.15, 0.2) is 42.6 Å². The molecule has 17 heavy (non-hydrogen) atoms. The van der Waals surface area contributed by atoms with E-state index in [-0.39, 0.29) is 0 Å². The van der Waals surface area contributed by atoms with Gasteiger partial charge < -0.3 is 9.88 Å². The summed E-state index contributed by atoms with van der Waals surface area (Å²) in [4.78, 5) is 0. The van der Waals surface area contributed by atoms with Crippen LogP contribution in [0.2, 0.25) is 0 Å². The molecular formula is C15H20N2. The lowest BCUT2D eigenvalue weighted by Crippen LogP contribution is -2.19. The van der Waals surface area contributed by atoms with Gasteiger partial charge >= 0.3 is 0 Å². The van der Waals surface area contributed by atoms with Crippen molar-refractivity contribution in [2.75, 3.05) is 0 Å². The molecule has 1 atom stereocenters. The van der Waals surface area contributed by atoms with Gasteiger partial charge in [-0.15, -0.1) is 0 Å². The van der Waals surface area contributed by atoms with Crippen LogP contribution in [-0.2, 0) is 13.6 Å². The first-order valence-corrected chi connectivity index (χ1v) is 6.07. The van der Waals surface area contributed by atoms with Crippen molar-refractivity contribution < 1.29 is 0 Å². The van der Waals surface area contributed by atoms with E-state index in [4.69, 9.17) is 0 Å². The molecule has 0 aliphatic heterocycles. The third-order valence-electron chi connectivity index (χ3n) is 3.22. The van der Waals surface area contributed by atoms with E-state index < -0.39 is 0 Å². The third kappa shape index (κ3) is 2.98. The number of hydrogen-bond donors (Lipinski definition) is 1. The van der Waals surface area contributed by atoms with Crippen LogP contribution in [0.5, 0.6) is 0 Å². The molecule has 1 N–H and O–H groups in total. The summed E-state index contributed by atoms with van der Waals surface area (Å²) in [7, 11) is 2.08. The van der Waals surface area contributed by atoms with Crippen molar-refractivity contribution >= 4 is 0 Å². The summed E-state index contributed by atoms with van der Waals surface area (Å²) < 4.78 is 2.15. The van der Waals surface area contributed by atoms with Crippen LogP contribution in [-0.4, -0.2) is 4.57 Å². The summed E-state index contributed by atoms with van der Waals surface area (Å²) in [6.45, 7) is 5.22. The first-order valence-electron chi connectivity index (χ1n) is 6.07. The SMILES string of the molecule is Cc1ccc(C(C)NCc2cccn2C)cc1. The zero-order valence-corrected chi connectivity index (χ0v) is 10.8. The molecule has 0 radical (unpaired) electrons. The average molecular weight is 228 g/mol. The maximum atomic E-state index is 3.54. The quantitative estimate of drug-likeness (QED) is 0.850. The Morgan fingerprint density at radius 2 is 1.88 bits per heavy atom. The minimum absolute atomic E-state index is 0.380. The van der Waals surface area contributed by atoms with Gasteiger partial charge in [0.1, 0.15) is 0 Å². The lowest BCUT2D eigenvalue weighted by Gasteiger charge is -2.15. The first kappa shape index (κ1) is 11.9. The van der Waals surface area contributed by atoms with E-state index in [0.29, 0.717) is 6.04 Å². The van der Waals surface area contributed by atoms with Gasteiger partial charge in [0.2, 0.25) is 0 Å². The van der Waals surface area contributed by atoms with Gasteiger partial charge in [0.25, 0.3) is 0 Å². The van der Waals surface area contributed by atoms with Gasteiger partial charge in [0, 0.05) is 31.5 Å². The van der Waals surface area contributed by atoms with Crippen LogP contribution < -0.4 is 5.32 Å². The van der Waals surface area contributed by atoms with E-state index in [1.807, 2.05) is 0 Å². The molecule has 1 unspecified atom stereocenters. The predicted molar refractivity (Wildman–Crippen MR) is 71.8 cm³/mol. The molecular weight excluding hydrogens is 208 g/mol. The maximum Gasteiger partial charge on any atom is 0.0364 e. The molecule has 2 aromatic rings. The van der Waals surface area contributed by atoms with Crippen LogP contribution in [0, 0.1) is 6.92 Å². The van der Waals surface area contributed by atoms with Gasteiger partial charge in [0.05, 0.1) is 0 Å². The number of rotatable bonds is 4. The largest absolute Gasteiger partial charge is 0.353 e. The average Bonchev–Trinajstić information content (AvgIpc) is 2.73. The molecule has 0 saturated heterocycles. The standard InChI is InChI=1S/C15H20N2/c1-12-6-8-14(9-7-12)13(2)16-11-15-5-4-10-17(15)3/h4-10,13,16H,11H2,1-3H3. The Bertz CT molecular complexity index is 468. The predicted octanol–water partition coefficient (Wildman–Crippen LogP) is 3.18. The van der Waals surface area contributed by atoms with Gasteiger partial charge in [0.15, 0.2) is 0 Å². The Morgan fingerprint density at radius 1 is 1.18 bits per heavy atom. The second-order valence-electron chi connectivity index (χ2n) is 4.62. The molecule has 0 amide bonds. The summed E-state index contributed by atoms with van der Waals surface area (Å²) in [5.74, 6) is 0. The third-order valence-corrected chi connectivity index (χ3v) is 3.22. The Balaban J connectivity index is 1.95. The number of nitrogens with zero attached hydrogens (tertiary/aromatic N) is 1. The second kappa shape index (κ2) is 5.19. The summed E-state index contributed by atoms with van der Waals surface area (Å²) in [6.07, 6.45) is 2.08. The smallest absolute Gasteiger partial charge is 0.0364 e. The van der Waals surface area contributed by atoms with E-state index in [2.05, 4.69) is 73.4 Å². The van der Waals surface area contributed by atoms with Gasteiger partial charge in [-0.2, -0.15) is 0 Å². The highest BCUT2D eigenvalue weighted by Gasteiger charge is 2.05. The van der Waals surface area contributed by atoms with Gasteiger partial charge in [-0.1, -0.05) is 29.8 Å². The lowest BCUT2D eigenvalue weighted by molar-refractivity contribution is 0.558. The zero-order valence-electron chi connectivity index (χ0n) is 10.8. The summed E-state index contributed by atoms with van der Waals surface area (Å²) >= 11 is 0. The van der Waals surface area contributed by atoms with E-state index in [1.165, 1.54) is 16.8 Å². The van der Waals surface area contributed by atoms with Gasteiger partial charge in [-0.3, -0.25) is 0 Å². The van der Waals surface area contributed by atoms with E-state index in [0.717, 1.165) is 6.54 Å². The van der Waals surface area contributed by atoms with Crippen LogP contribution in [0.1, 0.15) is 29.8 Å². The molecule has 0 aliphatic carbocycles. The fourth-order valence-corrected chi connectivity index (χ4v) is 1.91. The number of hydrogen-bond acceptors (Lipinski definition) is 1. The molecule has 0 fully saturated rings. The van der Waals surface area contributed by atoms with Crippen molar-refractivity contribution in [1.82, 2.24) is 9.88 Å². The Hall–Kier alpha value is -1.54. The lowest BCUT2D eigenvalue weighted by atomic mass is 10.1. The molecule has 2 heteroatoms. The van der Waals surface area contributed by atoms with Crippen molar-refractivity contribution in [3.8, 4) is 0 Å². The molecule has 0 saturated carbocycles. The van der Waals surface area contributed by atoms with E-state index >= 15 is 0 Å². The molecule has 1 heterocycles. The van der Waals surface area contributed by atoms with Crippen molar-refractivity contribution in [1.29, 1.82) is 0 Å². The van der Waals surface area contributed by atoms with E-state index in [9.17, 15) is 0 Å². The van der Waals surface area contributed by atoms with Gasteiger partial charge in [-0.25, -0.2) is 0 Å². The number of nitrogens with one attached hydrogen (secondary N) is 1. The topological polar surface area (TPSA) is 17.0 Å². The Morgan fingerprint density at radius 3 is 2.47 bits per heavy atom. The summed E-state index contributed by atoms with van der Waals surface area (Å²) in [6, 6.07) is 13.3. The van der Waals surface area contributed by atoms with Gasteiger partial charge in [-0.05, 0) is 31.5 Å². The molecule has 0 aliphatic rings. The molecule has 1 aromatic heterocycles. The normalized spacial score (nSPS) is 12.6. The molecule has 2 nitrogen and oxygen atoms in total. The first-order chi connectivity index (χ1) is 8.16. The van der Waals surface area contributed by atoms with E-state index in [1.54, 1.807) is 0 Å². The molecule has 0 spiro atoms. The highest BCUT2D eigenvalue weighted by atomic mass is 15.0. The highest BCUT2D eigenvalue weighted by molar-refractivity contribution is 5.23. The highest BCUT2D eigenvalue weighted by Crippen LogP contribution is 2.13. The van der Waals surface area contributed by atoms with Crippen LogP contribution in [0.3, 0.4) is 0 Å². The summed E-state index contributed by atoms with van der Waals surface area (Å²) in [5, 5.41) is 3.54. The van der Waals surface area contributed by atoms with Crippen LogP contribution >= 0.6 is 0 Å². The van der Waals surface area contributed by atoms with Crippen molar-refractivity contribution in [3.63, 3.8) is 0 Å². The molecule has 1 aromatic carbocycles. The maximum absolute atomic E-state index is 3.54. The number of aryl methyl sites for hydroxylation is 2. The van der Waals surface area contributed by atoms with Crippen molar-refractivity contribution in [2.24, 2.45) is 7.05 Å². The summed E-state index contributed by atoms with van der Waals surface area (Å²) in [5.41, 5.74) is 3.96. The fraction of sp³-hybridized carbons (Fsp3) is 0.333. The molecule has 90 valence electrons. The second-order valence-corrected chi connectivity index (χ2v) is 4.62. The van der Waals surface area contributed by atoms with Crippen molar-refractivity contribution in [3.05, 3.63) is 59.4 Å². The Kier molecular flexibility index (Phi) is 3.64. The Labute approximate surface area is 103 Å². The van der Waals surface area contributed by atoms with Crippen molar-refractivity contribution in [2.45, 2.75) is 26.4 Å². The minimum atomic E-state index is 0.380.